The highest BCUT2D eigenvalue weighted by Gasteiger charge is 2.55. The van der Waals surface area contributed by atoms with Gasteiger partial charge in [-0.15, -0.1) is 0 Å². The van der Waals surface area contributed by atoms with Crippen LogP contribution in [-0.2, 0) is 16.0 Å². The number of aromatic amines is 1. The van der Waals surface area contributed by atoms with Crippen molar-refractivity contribution in [3.8, 4) is 0 Å². The van der Waals surface area contributed by atoms with E-state index in [2.05, 4.69) is 10.1 Å². The number of nitrogens with zero attached hydrogens (tertiary/aromatic N) is 2. The lowest BCUT2D eigenvalue weighted by atomic mass is 10.1. The molecule has 1 unspecified atom stereocenters. The summed E-state index contributed by atoms with van der Waals surface area (Å²) in [4.78, 5) is 28.7. The number of rotatable bonds is 3. The maximum Gasteiger partial charge on any atom is 0.523 e. The molecule has 132 valence electrons. The van der Waals surface area contributed by atoms with Gasteiger partial charge in [-0.05, 0) is 18.6 Å². The third-order valence-corrected chi connectivity index (χ3v) is 5.15. The van der Waals surface area contributed by atoms with Gasteiger partial charge in [0.15, 0.2) is 5.71 Å². The summed E-state index contributed by atoms with van der Waals surface area (Å²) in [7, 11) is 1.27. The van der Waals surface area contributed by atoms with Crippen molar-refractivity contribution in [3.63, 3.8) is 0 Å². The highest BCUT2D eigenvalue weighted by Crippen LogP contribution is 2.30. The lowest BCUT2D eigenvalue weighted by Crippen LogP contribution is -2.61. The van der Waals surface area contributed by atoms with Crippen LogP contribution in [0, 0.1) is 0 Å². The second kappa shape index (κ2) is 6.68. The maximum atomic E-state index is 13.1. The Hall–Kier alpha value is -2.67. The Balaban J connectivity index is 1.95. The average Bonchev–Trinajstić information content (AvgIpc) is 3.22. The third-order valence-electron chi connectivity index (χ3n) is 5.15. The highest BCUT2D eigenvalue weighted by atomic mass is 16.5. The smallest absolute Gasteiger partial charge is 0.423 e. The van der Waals surface area contributed by atoms with E-state index in [0.717, 1.165) is 29.3 Å². The van der Waals surface area contributed by atoms with Crippen molar-refractivity contribution in [3.05, 3.63) is 36.0 Å². The molecule has 25 heavy (non-hydrogen) atoms. The van der Waals surface area contributed by atoms with Gasteiger partial charge in [0.2, 0.25) is 0 Å². The van der Waals surface area contributed by atoms with Gasteiger partial charge in [0, 0.05) is 36.4 Å². The number of imide groups is 1. The standard InChI is InChI=1S/C18H21N3O4/c1-12-6-5-9-21(12,18(23)25-2)17(22)16(20-24)10-13-11-19-15-8-4-3-7-14(13)15/h3-4,7-8,11-12,19H,5-6,9-10H2,1-2H3/p+1/t12-,21?/m1/s1. The highest BCUT2D eigenvalue weighted by molar-refractivity contribution is 6.37. The zero-order valence-corrected chi connectivity index (χ0v) is 14.4. The van der Waals surface area contributed by atoms with Gasteiger partial charge in [-0.3, -0.25) is 0 Å². The number of methoxy groups -OCH3 is 1. The van der Waals surface area contributed by atoms with E-state index in [4.69, 9.17) is 4.74 Å². The lowest BCUT2D eigenvalue weighted by Gasteiger charge is -2.30. The monoisotopic (exact) mass is 344 g/mol. The van der Waals surface area contributed by atoms with E-state index in [1.54, 1.807) is 6.20 Å². The number of hydrogen-bond donors (Lipinski definition) is 2. The summed E-state index contributed by atoms with van der Waals surface area (Å²) in [5.74, 6) is -0.496. The minimum absolute atomic E-state index is 0.0381. The second-order valence-electron chi connectivity index (χ2n) is 6.44. The molecule has 2 N–H and O–H groups in total. The molecule has 7 heteroatoms. The van der Waals surface area contributed by atoms with Gasteiger partial charge in [0.05, 0.1) is 13.7 Å². The first-order valence-corrected chi connectivity index (χ1v) is 8.31. The number of oxime groups is 1. The molecule has 2 atom stereocenters. The van der Waals surface area contributed by atoms with Crippen LogP contribution >= 0.6 is 0 Å². The van der Waals surface area contributed by atoms with Gasteiger partial charge < -0.3 is 14.9 Å². The summed E-state index contributed by atoms with van der Waals surface area (Å²) < 4.78 is 4.45. The molecule has 1 aromatic carbocycles. The first kappa shape index (κ1) is 17.2. The Morgan fingerprint density at radius 1 is 1.40 bits per heavy atom. The number of amides is 2. The van der Waals surface area contributed by atoms with Crippen LogP contribution in [0.5, 0.6) is 0 Å². The zero-order valence-electron chi connectivity index (χ0n) is 14.4. The third kappa shape index (κ3) is 2.70. The average molecular weight is 344 g/mol. The summed E-state index contributed by atoms with van der Waals surface area (Å²) in [6.07, 6.45) is 2.82. The fourth-order valence-corrected chi connectivity index (χ4v) is 3.74. The van der Waals surface area contributed by atoms with Gasteiger partial charge >= 0.3 is 12.0 Å². The molecule has 1 aliphatic heterocycles. The van der Waals surface area contributed by atoms with Gasteiger partial charge in [-0.25, -0.2) is 4.79 Å². The fraction of sp³-hybridized carbons (Fsp3) is 0.389. The first-order valence-electron chi connectivity index (χ1n) is 8.31. The summed E-state index contributed by atoms with van der Waals surface area (Å²) in [5.41, 5.74) is 1.74. The van der Waals surface area contributed by atoms with Gasteiger partial charge in [-0.2, -0.15) is 9.28 Å². The normalized spacial score (nSPS) is 23.8. The molecule has 0 saturated carbocycles. The van der Waals surface area contributed by atoms with E-state index >= 15 is 0 Å². The van der Waals surface area contributed by atoms with E-state index in [-0.39, 0.29) is 18.2 Å². The molecule has 0 bridgehead atoms. The first-order chi connectivity index (χ1) is 12.0. The Kier molecular flexibility index (Phi) is 4.59. The Morgan fingerprint density at radius 3 is 2.80 bits per heavy atom. The van der Waals surface area contributed by atoms with Crippen LogP contribution in [0.1, 0.15) is 25.3 Å². The van der Waals surface area contributed by atoms with Crippen molar-refractivity contribution in [2.75, 3.05) is 13.7 Å². The fourth-order valence-electron chi connectivity index (χ4n) is 3.74. The van der Waals surface area contributed by atoms with Crippen molar-refractivity contribution in [2.45, 2.75) is 32.2 Å². The number of carbonyl (C=O) groups excluding carboxylic acids is 2. The molecule has 7 nitrogen and oxygen atoms in total. The van der Waals surface area contributed by atoms with Crippen molar-refractivity contribution in [2.24, 2.45) is 5.16 Å². The number of quaternary nitrogens is 1. The summed E-state index contributed by atoms with van der Waals surface area (Å²) in [6.45, 7) is 2.21. The van der Waals surface area contributed by atoms with Gasteiger partial charge in [-0.1, -0.05) is 23.4 Å². The van der Waals surface area contributed by atoms with Crippen LogP contribution in [0.2, 0.25) is 0 Å². The molecular weight excluding hydrogens is 322 g/mol. The number of ether oxygens (including phenoxy) is 1. The van der Waals surface area contributed by atoms with Crippen LogP contribution in [0.15, 0.2) is 35.6 Å². The van der Waals surface area contributed by atoms with Crippen molar-refractivity contribution < 1.29 is 24.0 Å². The van der Waals surface area contributed by atoms with Crippen LogP contribution < -0.4 is 0 Å². The molecule has 1 fully saturated rings. The topological polar surface area (TPSA) is 91.8 Å². The van der Waals surface area contributed by atoms with Crippen LogP contribution in [0.3, 0.4) is 0 Å². The minimum Gasteiger partial charge on any atom is -0.423 e. The SMILES string of the molecule is COC(=O)[N+]1(C(=O)C(Cc2c[nH]c3ccccc23)=NO)CCC[C@H]1C. The summed E-state index contributed by atoms with van der Waals surface area (Å²) in [6, 6.07) is 7.48. The quantitative estimate of drug-likeness (QED) is 0.388. The van der Waals surface area contributed by atoms with Gasteiger partial charge in [0.25, 0.3) is 0 Å². The molecule has 0 aliphatic carbocycles. The van der Waals surface area contributed by atoms with Crippen molar-refractivity contribution in [1.82, 2.24) is 4.98 Å². The Morgan fingerprint density at radius 2 is 2.16 bits per heavy atom. The largest absolute Gasteiger partial charge is 0.523 e. The molecule has 0 radical (unpaired) electrons. The number of H-pyrrole nitrogens is 1. The number of likely N-dealkylation sites (tertiary alicyclic amines) is 1. The Bertz CT molecular complexity index is 842. The molecular formula is C18H22N3O4+. The number of carbonyl (C=O) groups is 2. The number of para-hydroxylation sites is 1. The molecule has 2 aromatic rings. The summed E-state index contributed by atoms with van der Waals surface area (Å²) >= 11 is 0. The van der Waals surface area contributed by atoms with Crippen molar-refractivity contribution in [1.29, 1.82) is 0 Å². The van der Waals surface area contributed by atoms with Crippen molar-refractivity contribution >= 4 is 28.6 Å². The molecule has 1 aromatic heterocycles. The second-order valence-corrected chi connectivity index (χ2v) is 6.44. The van der Waals surface area contributed by atoms with E-state index in [1.165, 1.54) is 7.11 Å². The van der Waals surface area contributed by atoms with Crippen LogP contribution in [-0.4, -0.2) is 52.1 Å². The van der Waals surface area contributed by atoms with Crippen LogP contribution in [0.25, 0.3) is 10.9 Å². The minimum atomic E-state index is -0.602. The molecule has 1 saturated heterocycles. The van der Waals surface area contributed by atoms with E-state index < -0.39 is 16.5 Å². The van der Waals surface area contributed by atoms with E-state index in [1.807, 2.05) is 31.2 Å². The molecule has 2 heterocycles. The lowest BCUT2D eigenvalue weighted by molar-refractivity contribution is -0.788. The molecule has 1 aliphatic rings. The Labute approximate surface area is 145 Å². The molecule has 3 rings (SSSR count). The summed E-state index contributed by atoms with van der Waals surface area (Å²) in [5, 5.41) is 13.7. The number of hydrogen-bond acceptors (Lipinski definition) is 5. The van der Waals surface area contributed by atoms with E-state index in [0.29, 0.717) is 6.54 Å². The zero-order chi connectivity index (χ0) is 18.0. The maximum absolute atomic E-state index is 13.1. The number of nitrogens with one attached hydrogen (secondary N) is 1. The predicted molar refractivity (Wildman–Crippen MR) is 92.5 cm³/mol. The molecule has 2 amide bonds. The predicted octanol–water partition coefficient (Wildman–Crippen LogP) is 2.83. The number of benzene rings is 1. The molecule has 0 spiro atoms. The van der Waals surface area contributed by atoms with Gasteiger partial charge in [0.1, 0.15) is 6.04 Å². The van der Waals surface area contributed by atoms with Crippen LogP contribution in [0.4, 0.5) is 4.79 Å². The number of fused-ring (bicyclic) bond motifs is 1. The van der Waals surface area contributed by atoms with E-state index in [9.17, 15) is 14.8 Å². The number of aromatic nitrogens is 1.